The number of benzene rings is 1. The quantitative estimate of drug-likeness (QED) is 0.769. The van der Waals surface area contributed by atoms with Gasteiger partial charge in [-0.15, -0.1) is 0 Å². The Kier molecular flexibility index (Phi) is 3.88. The van der Waals surface area contributed by atoms with Crippen LogP contribution < -0.4 is 0 Å². The summed E-state index contributed by atoms with van der Waals surface area (Å²) >= 11 is 5.42. The minimum absolute atomic E-state index is 0.173. The smallest absolute Gasteiger partial charge is 0.294 e. The van der Waals surface area contributed by atoms with Crippen LogP contribution in [0.1, 0.15) is 17.3 Å². The van der Waals surface area contributed by atoms with E-state index < -0.39 is 15.4 Å². The molecule has 1 rings (SSSR count). The predicted octanol–water partition coefficient (Wildman–Crippen LogP) is 3.01. The van der Waals surface area contributed by atoms with Crippen molar-refractivity contribution in [2.24, 2.45) is 0 Å². The molecule has 0 spiro atoms. The second kappa shape index (κ2) is 4.77. The minimum Gasteiger partial charge on any atom is -0.294 e. The van der Waals surface area contributed by atoms with E-state index in [9.17, 15) is 14.0 Å². The number of carbonyl (C=O) groups is 2. The Morgan fingerprint density at radius 1 is 1.33 bits per heavy atom. The molecule has 0 fully saturated rings. The van der Waals surface area contributed by atoms with Crippen LogP contribution in [-0.4, -0.2) is 15.4 Å². The van der Waals surface area contributed by atoms with Crippen LogP contribution in [0.4, 0.5) is 4.39 Å². The van der Waals surface area contributed by atoms with Gasteiger partial charge in [-0.3, -0.25) is 9.59 Å². The van der Waals surface area contributed by atoms with E-state index in [1.165, 1.54) is 12.1 Å². The van der Waals surface area contributed by atoms with Gasteiger partial charge in [0.25, 0.3) is 4.46 Å². The van der Waals surface area contributed by atoms with E-state index in [-0.39, 0.29) is 11.8 Å². The molecule has 0 heterocycles. The molecule has 0 aliphatic carbocycles. The molecule has 15 heavy (non-hydrogen) atoms. The summed E-state index contributed by atoms with van der Waals surface area (Å²) in [6.45, 7) is 0.998. The normalized spacial score (nSPS) is 14.3. The molecule has 0 aromatic heterocycles. The monoisotopic (exact) mass is 246 g/mol. The third-order valence-electron chi connectivity index (χ3n) is 1.64. The number of halogens is 2. The molecule has 0 aliphatic heterocycles. The van der Waals surface area contributed by atoms with Crippen LogP contribution in [0.25, 0.3) is 0 Å². The Bertz CT molecular complexity index is 378. The number of thioether (sulfide) groups is 1. The van der Waals surface area contributed by atoms with Crippen LogP contribution in [0, 0.1) is 0 Å². The number of hydrogen-bond donors (Lipinski definition) is 0. The molecular formula is C10H8ClFO2S. The first-order valence-corrected chi connectivity index (χ1v) is 5.30. The van der Waals surface area contributed by atoms with Gasteiger partial charge in [0.2, 0.25) is 5.12 Å². The lowest BCUT2D eigenvalue weighted by atomic mass is 10.2. The van der Waals surface area contributed by atoms with E-state index in [1.54, 1.807) is 18.2 Å². The standard InChI is InChI=1S/C10H8ClFO2S/c1-7(13)10(11,12)15-9(14)8-5-3-2-4-6-8/h2-6H,1H3. The Morgan fingerprint density at radius 2 is 1.87 bits per heavy atom. The van der Waals surface area contributed by atoms with Gasteiger partial charge in [0.05, 0.1) is 0 Å². The highest BCUT2D eigenvalue weighted by atomic mass is 35.5. The van der Waals surface area contributed by atoms with Crippen molar-refractivity contribution in [3.8, 4) is 0 Å². The Morgan fingerprint density at radius 3 is 2.33 bits per heavy atom. The number of alkyl halides is 2. The number of ketones is 1. The van der Waals surface area contributed by atoms with Gasteiger partial charge in [0.15, 0.2) is 5.78 Å². The van der Waals surface area contributed by atoms with E-state index >= 15 is 0 Å². The van der Waals surface area contributed by atoms with Gasteiger partial charge in [0, 0.05) is 12.5 Å². The summed E-state index contributed by atoms with van der Waals surface area (Å²) in [5.74, 6) is -0.890. The molecule has 0 amide bonds. The summed E-state index contributed by atoms with van der Waals surface area (Å²) in [4.78, 5) is 22.2. The van der Waals surface area contributed by atoms with Crippen molar-refractivity contribution in [2.75, 3.05) is 0 Å². The van der Waals surface area contributed by atoms with Gasteiger partial charge < -0.3 is 0 Å². The van der Waals surface area contributed by atoms with E-state index in [2.05, 4.69) is 0 Å². The van der Waals surface area contributed by atoms with E-state index in [0.29, 0.717) is 5.56 Å². The lowest BCUT2D eigenvalue weighted by Crippen LogP contribution is -2.22. The van der Waals surface area contributed by atoms with E-state index in [4.69, 9.17) is 11.6 Å². The van der Waals surface area contributed by atoms with Crippen molar-refractivity contribution in [2.45, 2.75) is 11.4 Å². The van der Waals surface area contributed by atoms with E-state index in [0.717, 1.165) is 6.92 Å². The Labute approximate surface area is 95.8 Å². The van der Waals surface area contributed by atoms with Crippen LogP contribution in [0.2, 0.25) is 0 Å². The number of Topliss-reactive ketones (excluding diaryl/α,β-unsaturated/α-hetero) is 1. The number of carbonyl (C=O) groups excluding carboxylic acids is 2. The summed E-state index contributed by atoms with van der Waals surface area (Å²) in [7, 11) is 0. The first-order chi connectivity index (χ1) is 6.93. The zero-order chi connectivity index (χ0) is 11.5. The fraction of sp³-hybridized carbons (Fsp3) is 0.200. The lowest BCUT2D eigenvalue weighted by molar-refractivity contribution is -0.120. The highest BCUT2D eigenvalue weighted by Crippen LogP contribution is 2.35. The Hall–Kier alpha value is -0.870. The molecule has 0 aliphatic rings. The van der Waals surface area contributed by atoms with E-state index in [1.807, 2.05) is 0 Å². The molecule has 80 valence electrons. The summed E-state index contributed by atoms with van der Waals surface area (Å²) in [6, 6.07) is 8.09. The molecule has 0 N–H and O–H groups in total. The molecule has 1 aromatic carbocycles. The number of rotatable bonds is 3. The molecular weight excluding hydrogens is 239 g/mol. The summed E-state index contributed by atoms with van der Waals surface area (Å²) in [5, 5.41) is -0.566. The highest BCUT2D eigenvalue weighted by molar-refractivity contribution is 8.16. The maximum atomic E-state index is 13.3. The molecule has 0 saturated heterocycles. The van der Waals surface area contributed by atoms with Gasteiger partial charge in [0.1, 0.15) is 0 Å². The first kappa shape index (κ1) is 12.2. The second-order valence-corrected chi connectivity index (χ2v) is 4.71. The van der Waals surface area contributed by atoms with Gasteiger partial charge in [-0.25, -0.2) is 4.39 Å². The molecule has 1 atom stereocenters. The lowest BCUT2D eigenvalue weighted by Gasteiger charge is -2.11. The van der Waals surface area contributed by atoms with Gasteiger partial charge in [-0.1, -0.05) is 41.9 Å². The third kappa shape index (κ3) is 3.32. The van der Waals surface area contributed by atoms with Crippen LogP contribution in [-0.2, 0) is 4.79 Å². The third-order valence-corrected chi connectivity index (χ3v) is 3.10. The average Bonchev–Trinajstić information content (AvgIpc) is 2.18. The van der Waals surface area contributed by atoms with Crippen molar-refractivity contribution < 1.29 is 14.0 Å². The summed E-state index contributed by atoms with van der Waals surface area (Å²) in [5.41, 5.74) is 0.312. The molecule has 1 unspecified atom stereocenters. The highest BCUT2D eigenvalue weighted by Gasteiger charge is 2.36. The molecule has 1 aromatic rings. The molecule has 0 bridgehead atoms. The maximum Gasteiger partial charge on any atom is 0.294 e. The van der Waals surface area contributed by atoms with Crippen molar-refractivity contribution in [1.82, 2.24) is 0 Å². The predicted molar refractivity (Wildman–Crippen MR) is 58.7 cm³/mol. The van der Waals surface area contributed by atoms with Gasteiger partial charge in [-0.05, 0) is 11.8 Å². The molecule has 5 heteroatoms. The molecule has 0 saturated carbocycles. The Balaban J connectivity index is 2.77. The van der Waals surface area contributed by atoms with Crippen molar-refractivity contribution in [3.63, 3.8) is 0 Å². The zero-order valence-electron chi connectivity index (χ0n) is 7.87. The number of hydrogen-bond acceptors (Lipinski definition) is 3. The van der Waals surface area contributed by atoms with Crippen LogP contribution in [0.3, 0.4) is 0 Å². The maximum absolute atomic E-state index is 13.3. The zero-order valence-corrected chi connectivity index (χ0v) is 9.44. The fourth-order valence-corrected chi connectivity index (χ4v) is 1.66. The van der Waals surface area contributed by atoms with Crippen molar-refractivity contribution >= 4 is 34.3 Å². The largest absolute Gasteiger partial charge is 0.294 e. The minimum atomic E-state index is -2.67. The van der Waals surface area contributed by atoms with Crippen LogP contribution in [0.15, 0.2) is 30.3 Å². The SMILES string of the molecule is CC(=O)C(F)(Cl)SC(=O)c1ccccc1. The average molecular weight is 247 g/mol. The van der Waals surface area contributed by atoms with Gasteiger partial charge >= 0.3 is 0 Å². The van der Waals surface area contributed by atoms with Crippen molar-refractivity contribution in [3.05, 3.63) is 35.9 Å². The summed E-state index contributed by atoms with van der Waals surface area (Å²) < 4.78 is 10.6. The second-order valence-electron chi connectivity index (χ2n) is 2.83. The fourth-order valence-electron chi connectivity index (χ4n) is 0.821. The van der Waals surface area contributed by atoms with Gasteiger partial charge in [-0.2, -0.15) is 0 Å². The topological polar surface area (TPSA) is 34.1 Å². The first-order valence-electron chi connectivity index (χ1n) is 4.11. The van der Waals surface area contributed by atoms with Crippen molar-refractivity contribution in [1.29, 1.82) is 0 Å². The molecule has 0 radical (unpaired) electrons. The summed E-state index contributed by atoms with van der Waals surface area (Å²) in [6.07, 6.45) is 0. The molecule has 2 nitrogen and oxygen atoms in total. The van der Waals surface area contributed by atoms with Crippen LogP contribution in [0.5, 0.6) is 0 Å². The van der Waals surface area contributed by atoms with Crippen LogP contribution >= 0.6 is 23.4 Å².